The molecule has 0 amide bonds. The van der Waals surface area contributed by atoms with E-state index in [1.54, 1.807) is 0 Å². The lowest BCUT2D eigenvalue weighted by molar-refractivity contribution is 0.673. The maximum Gasteiger partial charge on any atom is 0.0608 e. The summed E-state index contributed by atoms with van der Waals surface area (Å²) in [6.45, 7) is 0.846. The Kier molecular flexibility index (Phi) is 7.81. The minimum atomic E-state index is -0.598. The van der Waals surface area contributed by atoms with Gasteiger partial charge in [0.25, 0.3) is 0 Å². The molecule has 3 radical (unpaired) electrons. The number of nitrogens with one attached hydrogen (secondary N) is 1. The number of hydrogen-bond acceptors (Lipinski definition) is 1. The molecule has 4 aromatic rings. The molecule has 141 valence electrons. The summed E-state index contributed by atoms with van der Waals surface area (Å²) in [7, 11) is -0.598. The fourth-order valence-electron chi connectivity index (χ4n) is 3.43. The highest BCUT2D eigenvalue weighted by Crippen LogP contribution is 2.47. The summed E-state index contributed by atoms with van der Waals surface area (Å²) in [5, 5.41) is 6.65. The van der Waals surface area contributed by atoms with Crippen molar-refractivity contribution in [3.05, 3.63) is 132 Å². The van der Waals surface area contributed by atoms with Crippen molar-refractivity contribution in [3.8, 4) is 0 Å². The summed E-state index contributed by atoms with van der Waals surface area (Å²) in [6, 6.07) is 43.3. The first-order chi connectivity index (χ1) is 13.9. The Balaban J connectivity index is 0.00000240. The van der Waals surface area contributed by atoms with E-state index < -0.39 is 7.92 Å². The van der Waals surface area contributed by atoms with Gasteiger partial charge in [-0.05, 0) is 29.7 Å². The van der Waals surface area contributed by atoms with Crippen molar-refractivity contribution in [1.29, 1.82) is 0 Å². The number of rotatable bonds is 7. The van der Waals surface area contributed by atoms with Crippen LogP contribution in [0, 0.1) is 0 Å². The van der Waals surface area contributed by atoms with Crippen molar-refractivity contribution in [2.45, 2.75) is 12.3 Å². The number of hydrogen-bond donors (Lipinski definition) is 1. The van der Waals surface area contributed by atoms with Crippen LogP contribution in [-0.2, 0) is 6.54 Å². The molecule has 0 heterocycles. The summed E-state index contributed by atoms with van der Waals surface area (Å²) in [4.78, 5) is 0. The van der Waals surface area contributed by atoms with Gasteiger partial charge in [-0.2, -0.15) is 0 Å². The van der Waals surface area contributed by atoms with E-state index in [0.29, 0.717) is 0 Å². The smallest absolute Gasteiger partial charge is 0.0608 e. The Bertz CT molecular complexity index is 923. The predicted molar refractivity (Wildman–Crippen MR) is 127 cm³/mol. The Morgan fingerprint density at radius 2 is 0.966 bits per heavy atom. The van der Waals surface area contributed by atoms with Crippen molar-refractivity contribution in [3.63, 3.8) is 0 Å². The van der Waals surface area contributed by atoms with Gasteiger partial charge in [0.15, 0.2) is 0 Å². The highest BCUT2D eigenvalue weighted by Gasteiger charge is 2.25. The zero-order valence-electron chi connectivity index (χ0n) is 16.4. The van der Waals surface area contributed by atoms with Crippen LogP contribution in [-0.4, -0.2) is 8.41 Å². The highest BCUT2D eigenvalue weighted by atomic mass is 31.1. The van der Waals surface area contributed by atoms with Crippen LogP contribution in [0.5, 0.6) is 0 Å². The van der Waals surface area contributed by atoms with E-state index in [2.05, 4.69) is 127 Å². The molecule has 4 rings (SSSR count). The molecule has 1 nitrogen and oxygen atoms in total. The third-order valence-corrected chi connectivity index (χ3v) is 7.49. The summed E-state index contributed by atoms with van der Waals surface area (Å²) >= 11 is 0. The van der Waals surface area contributed by atoms with Gasteiger partial charge in [-0.15, -0.1) is 0 Å². The van der Waals surface area contributed by atoms with Crippen molar-refractivity contribution in [2.24, 2.45) is 0 Å². The standard InChI is InChI=1S/C26H24NP.B/c1-5-13-22(14-6-1)21-27-26(23-15-7-2-8-16-23)28(24-17-9-3-10-18-24)25-19-11-4-12-20-25;/h1-20,26-27H,21H2;. The van der Waals surface area contributed by atoms with Crippen molar-refractivity contribution >= 4 is 26.9 Å². The molecule has 0 fully saturated rings. The second kappa shape index (κ2) is 10.8. The SMILES string of the molecule is [B].c1ccc(CNC(c2ccccc2)P(c2ccccc2)c2ccccc2)cc1. The van der Waals surface area contributed by atoms with E-state index in [4.69, 9.17) is 0 Å². The molecule has 1 N–H and O–H groups in total. The topological polar surface area (TPSA) is 12.0 Å². The molecule has 0 aliphatic carbocycles. The Morgan fingerprint density at radius 1 is 0.552 bits per heavy atom. The van der Waals surface area contributed by atoms with Crippen LogP contribution < -0.4 is 15.9 Å². The molecule has 4 aromatic carbocycles. The molecule has 0 saturated heterocycles. The molecule has 0 aliphatic heterocycles. The Labute approximate surface area is 177 Å². The van der Waals surface area contributed by atoms with Crippen LogP contribution in [0.4, 0.5) is 0 Å². The summed E-state index contributed by atoms with van der Waals surface area (Å²) in [6.07, 6.45) is 0. The normalized spacial score (nSPS) is 11.6. The minimum Gasteiger partial charge on any atom is -0.302 e. The summed E-state index contributed by atoms with van der Waals surface area (Å²) in [5.74, 6) is 0.237. The maximum absolute atomic E-state index is 3.88. The van der Waals surface area contributed by atoms with Gasteiger partial charge < -0.3 is 5.32 Å². The summed E-state index contributed by atoms with van der Waals surface area (Å²) in [5.41, 5.74) is 2.64. The van der Waals surface area contributed by atoms with Crippen molar-refractivity contribution < 1.29 is 0 Å². The Hall–Kier alpha value is -2.67. The molecule has 3 heteroatoms. The molecule has 1 atom stereocenters. The van der Waals surface area contributed by atoms with Gasteiger partial charge in [-0.3, -0.25) is 0 Å². The van der Waals surface area contributed by atoms with Gasteiger partial charge in [0.1, 0.15) is 0 Å². The van der Waals surface area contributed by atoms with Crippen LogP contribution in [0.25, 0.3) is 0 Å². The average Bonchev–Trinajstić information content (AvgIpc) is 2.79. The Morgan fingerprint density at radius 3 is 1.45 bits per heavy atom. The molecular formula is C26H24BNP. The van der Waals surface area contributed by atoms with Crippen molar-refractivity contribution in [2.75, 3.05) is 0 Å². The second-order valence-electron chi connectivity index (χ2n) is 6.72. The lowest BCUT2D eigenvalue weighted by Crippen LogP contribution is -2.27. The van der Waals surface area contributed by atoms with Crippen LogP contribution in [0.3, 0.4) is 0 Å². The van der Waals surface area contributed by atoms with Gasteiger partial charge in [0, 0.05) is 15.0 Å². The zero-order chi connectivity index (χ0) is 19.0. The molecule has 0 spiro atoms. The first-order valence-corrected chi connectivity index (χ1v) is 11.0. The zero-order valence-corrected chi connectivity index (χ0v) is 17.3. The van der Waals surface area contributed by atoms with Gasteiger partial charge in [-0.25, -0.2) is 0 Å². The van der Waals surface area contributed by atoms with E-state index in [1.807, 2.05) is 0 Å². The van der Waals surface area contributed by atoms with E-state index in [9.17, 15) is 0 Å². The quantitative estimate of drug-likeness (QED) is 0.336. The van der Waals surface area contributed by atoms with Gasteiger partial charge >= 0.3 is 0 Å². The third kappa shape index (κ3) is 5.44. The average molecular weight is 392 g/mol. The largest absolute Gasteiger partial charge is 0.302 e. The van der Waals surface area contributed by atoms with Gasteiger partial charge in [0.05, 0.1) is 5.78 Å². The fourth-order valence-corrected chi connectivity index (χ4v) is 6.05. The van der Waals surface area contributed by atoms with E-state index in [1.165, 1.54) is 21.7 Å². The molecule has 0 bridgehead atoms. The summed E-state index contributed by atoms with van der Waals surface area (Å²) < 4.78 is 0. The van der Waals surface area contributed by atoms with E-state index in [-0.39, 0.29) is 14.2 Å². The van der Waals surface area contributed by atoms with Crippen LogP contribution in [0.2, 0.25) is 0 Å². The van der Waals surface area contributed by atoms with E-state index >= 15 is 0 Å². The molecule has 0 aromatic heterocycles. The first kappa shape index (κ1) is 21.1. The molecular weight excluding hydrogens is 368 g/mol. The number of benzene rings is 4. The van der Waals surface area contributed by atoms with Crippen LogP contribution >= 0.6 is 7.92 Å². The lowest BCUT2D eigenvalue weighted by Gasteiger charge is -2.30. The molecule has 0 saturated carbocycles. The monoisotopic (exact) mass is 392 g/mol. The third-order valence-electron chi connectivity index (χ3n) is 4.78. The molecule has 0 aliphatic rings. The van der Waals surface area contributed by atoms with E-state index in [0.717, 1.165) is 6.54 Å². The molecule has 1 unspecified atom stereocenters. The highest BCUT2D eigenvalue weighted by molar-refractivity contribution is 7.73. The molecule has 29 heavy (non-hydrogen) atoms. The lowest BCUT2D eigenvalue weighted by atomic mass is 10.2. The maximum atomic E-state index is 3.88. The first-order valence-electron chi connectivity index (χ1n) is 9.63. The van der Waals surface area contributed by atoms with Gasteiger partial charge in [0.2, 0.25) is 0 Å². The van der Waals surface area contributed by atoms with Gasteiger partial charge in [-0.1, -0.05) is 121 Å². The van der Waals surface area contributed by atoms with Crippen LogP contribution in [0.15, 0.2) is 121 Å². The minimum absolute atomic E-state index is 0. The van der Waals surface area contributed by atoms with Crippen LogP contribution in [0.1, 0.15) is 16.9 Å². The van der Waals surface area contributed by atoms with Crippen molar-refractivity contribution in [1.82, 2.24) is 5.32 Å². The second-order valence-corrected chi connectivity index (χ2v) is 9.01. The predicted octanol–water partition coefficient (Wildman–Crippen LogP) is 5.23. The fraction of sp³-hybridized carbons (Fsp3) is 0.0769.